The molecular formula is C13H28B-. The maximum atomic E-state index is 2.36. The van der Waals surface area contributed by atoms with Crippen LogP contribution in [0.3, 0.4) is 0 Å². The second kappa shape index (κ2) is 5.73. The highest BCUT2D eigenvalue weighted by Crippen LogP contribution is 2.21. The van der Waals surface area contributed by atoms with Gasteiger partial charge in [-0.1, -0.05) is 67.2 Å². The van der Waals surface area contributed by atoms with Gasteiger partial charge in [0.1, 0.15) is 0 Å². The first kappa shape index (κ1) is 13.9. The first-order valence-electron chi connectivity index (χ1n) is 6.15. The number of hydrogen-bond donors (Lipinski definition) is 0. The van der Waals surface area contributed by atoms with E-state index in [9.17, 15) is 0 Å². The van der Waals surface area contributed by atoms with E-state index in [0.717, 1.165) is 29.8 Å². The van der Waals surface area contributed by atoms with E-state index >= 15 is 0 Å². The van der Waals surface area contributed by atoms with Crippen molar-refractivity contribution >= 4 is 11.8 Å². The second-order valence-corrected chi connectivity index (χ2v) is 5.82. The van der Waals surface area contributed by atoms with Gasteiger partial charge in [0.25, 0.3) is 0 Å². The smallest absolute Gasteiger partial charge is 0.0625 e. The Labute approximate surface area is 91.2 Å². The topological polar surface area (TPSA) is 0 Å². The normalized spacial score (nSPS) is 12.0. The zero-order valence-electron chi connectivity index (χ0n) is 11.4. The Bertz CT molecular complexity index is 155. The highest BCUT2D eigenvalue weighted by Gasteiger charge is 2.08. The molecule has 0 rings (SSSR count). The van der Waals surface area contributed by atoms with Crippen LogP contribution in [0.2, 0.25) is 11.6 Å². The van der Waals surface area contributed by atoms with Crippen LogP contribution in [-0.2, 0) is 0 Å². The third kappa shape index (κ3) is 3.59. The Morgan fingerprint density at radius 1 is 0.643 bits per heavy atom. The van der Waals surface area contributed by atoms with Crippen LogP contribution < -0.4 is 0 Å². The van der Waals surface area contributed by atoms with Crippen molar-refractivity contribution in [3.63, 3.8) is 0 Å². The fourth-order valence-electron chi connectivity index (χ4n) is 2.98. The molecule has 0 heterocycles. The molecule has 0 atom stereocenters. The minimum Gasteiger partial charge on any atom is -0.271 e. The summed E-state index contributed by atoms with van der Waals surface area (Å²) < 4.78 is 0. The van der Waals surface area contributed by atoms with Gasteiger partial charge in [0.2, 0.25) is 0 Å². The summed E-state index contributed by atoms with van der Waals surface area (Å²) in [6, 6.07) is 0. The summed E-state index contributed by atoms with van der Waals surface area (Å²) in [5.74, 6) is 3.00. The van der Waals surface area contributed by atoms with Gasteiger partial charge in [0.15, 0.2) is 0 Å². The van der Waals surface area contributed by atoms with Crippen molar-refractivity contribution in [2.45, 2.75) is 67.0 Å². The Morgan fingerprint density at radius 2 is 0.929 bits per heavy atom. The standard InChI is InChI=1S/C13H28B/c1-9(2)13(10(3)4)14(11(5)6)12(7)8/h9-12H,1-8H3/q-1. The van der Waals surface area contributed by atoms with Crippen LogP contribution in [0, 0.1) is 11.8 Å². The highest BCUT2D eigenvalue weighted by atomic mass is 14.1. The lowest BCUT2D eigenvalue weighted by Crippen LogP contribution is -2.30. The van der Waals surface area contributed by atoms with E-state index in [1.54, 1.807) is 5.46 Å². The van der Waals surface area contributed by atoms with Crippen molar-refractivity contribution in [3.05, 3.63) is 0 Å². The molecule has 0 nitrogen and oxygen atoms in total. The van der Waals surface area contributed by atoms with Crippen molar-refractivity contribution in [3.8, 4) is 0 Å². The van der Waals surface area contributed by atoms with Gasteiger partial charge in [-0.25, -0.2) is 0 Å². The minimum absolute atomic E-state index is 0.727. The van der Waals surface area contributed by atoms with Crippen molar-refractivity contribution in [1.29, 1.82) is 0 Å². The molecule has 0 aromatic heterocycles. The molecule has 0 aromatic rings. The van der Waals surface area contributed by atoms with E-state index in [1.807, 2.05) is 0 Å². The first-order valence-corrected chi connectivity index (χ1v) is 6.15. The lowest BCUT2D eigenvalue weighted by molar-refractivity contribution is 0.778. The van der Waals surface area contributed by atoms with Crippen LogP contribution in [0.1, 0.15) is 55.4 Å². The summed E-state index contributed by atoms with van der Waals surface area (Å²) in [5, 5.41) is 0. The summed E-state index contributed by atoms with van der Waals surface area (Å²) >= 11 is 0. The molecule has 0 unspecified atom stereocenters. The third-order valence-corrected chi connectivity index (χ3v) is 3.15. The molecule has 0 amide bonds. The van der Waals surface area contributed by atoms with Crippen LogP contribution in [0.25, 0.3) is 0 Å². The number of hydrogen-bond acceptors (Lipinski definition) is 0. The molecule has 1 heteroatoms. The third-order valence-electron chi connectivity index (χ3n) is 3.15. The van der Waals surface area contributed by atoms with Gasteiger partial charge in [-0.3, -0.25) is 5.46 Å². The molecule has 0 aliphatic heterocycles. The molecule has 0 aliphatic carbocycles. The average Bonchev–Trinajstić information content (AvgIpc) is 1.96. The van der Waals surface area contributed by atoms with E-state index in [2.05, 4.69) is 55.4 Å². The Morgan fingerprint density at radius 3 is 1.00 bits per heavy atom. The SMILES string of the molecule is CC(C)[B-](=C(C(C)C)C(C)C)C(C)C. The van der Waals surface area contributed by atoms with Crippen molar-refractivity contribution in [1.82, 2.24) is 0 Å². The Hall–Kier alpha value is -0.0651. The van der Waals surface area contributed by atoms with E-state index in [-0.39, 0.29) is 0 Å². The molecular weight excluding hydrogens is 167 g/mol. The number of rotatable bonds is 4. The van der Waals surface area contributed by atoms with Crippen molar-refractivity contribution in [2.24, 2.45) is 11.8 Å². The zero-order chi connectivity index (χ0) is 11.5. The lowest BCUT2D eigenvalue weighted by atomic mass is 9.40. The maximum Gasteiger partial charge on any atom is -0.0625 e. The van der Waals surface area contributed by atoms with Crippen LogP contribution in [-0.4, -0.2) is 11.8 Å². The molecule has 84 valence electrons. The van der Waals surface area contributed by atoms with E-state index in [0.29, 0.717) is 0 Å². The quantitative estimate of drug-likeness (QED) is 0.584. The van der Waals surface area contributed by atoms with Gasteiger partial charge in [0.05, 0.1) is 0 Å². The monoisotopic (exact) mass is 195 g/mol. The Kier molecular flexibility index (Phi) is 5.70. The average molecular weight is 195 g/mol. The van der Waals surface area contributed by atoms with Crippen LogP contribution >= 0.6 is 0 Å². The molecule has 0 fully saturated rings. The van der Waals surface area contributed by atoms with Gasteiger partial charge in [0, 0.05) is 0 Å². The van der Waals surface area contributed by atoms with Gasteiger partial charge >= 0.3 is 0 Å². The van der Waals surface area contributed by atoms with Crippen LogP contribution in [0.5, 0.6) is 0 Å². The molecule has 0 spiro atoms. The zero-order valence-corrected chi connectivity index (χ0v) is 11.4. The first-order chi connectivity index (χ1) is 6.29. The molecule has 0 N–H and O–H groups in total. The fraction of sp³-hybridized carbons (Fsp3) is 0.923. The molecule has 0 saturated carbocycles. The second-order valence-electron chi connectivity index (χ2n) is 5.82. The van der Waals surface area contributed by atoms with E-state index < -0.39 is 0 Å². The van der Waals surface area contributed by atoms with Gasteiger partial charge < -0.3 is 0 Å². The largest absolute Gasteiger partial charge is 0.271 e. The summed E-state index contributed by atoms with van der Waals surface area (Å²) in [7, 11) is 0. The van der Waals surface area contributed by atoms with Crippen LogP contribution in [0.4, 0.5) is 0 Å². The summed E-state index contributed by atoms with van der Waals surface area (Å²) in [6.45, 7) is 18.8. The van der Waals surface area contributed by atoms with E-state index in [4.69, 9.17) is 0 Å². The predicted octanol–water partition coefficient (Wildman–Crippen LogP) is 4.37. The summed E-state index contributed by atoms with van der Waals surface area (Å²) in [6.07, 6.45) is 0.787. The van der Waals surface area contributed by atoms with Gasteiger partial charge in [-0.15, -0.1) is 6.35 Å². The molecule has 0 aromatic carbocycles. The van der Waals surface area contributed by atoms with Gasteiger partial charge in [-0.2, -0.15) is 11.6 Å². The predicted molar refractivity (Wildman–Crippen MR) is 70.6 cm³/mol. The highest BCUT2D eigenvalue weighted by molar-refractivity contribution is 6.73. The lowest BCUT2D eigenvalue weighted by Gasteiger charge is -2.37. The molecule has 0 radical (unpaired) electrons. The summed E-state index contributed by atoms with van der Waals surface area (Å²) in [4.78, 5) is 0. The molecule has 0 saturated heterocycles. The van der Waals surface area contributed by atoms with Gasteiger partial charge in [-0.05, 0) is 0 Å². The van der Waals surface area contributed by atoms with Crippen molar-refractivity contribution in [2.75, 3.05) is 0 Å². The molecule has 0 bridgehead atoms. The van der Waals surface area contributed by atoms with E-state index in [1.165, 1.54) is 0 Å². The molecule has 0 aliphatic rings. The molecule has 14 heavy (non-hydrogen) atoms. The minimum atomic E-state index is 0.727. The fourth-order valence-corrected chi connectivity index (χ4v) is 2.98. The maximum absolute atomic E-state index is 2.36. The van der Waals surface area contributed by atoms with Crippen molar-refractivity contribution < 1.29 is 0 Å². The summed E-state index contributed by atoms with van der Waals surface area (Å²) in [5.41, 5.74) is 1.76. The van der Waals surface area contributed by atoms with Crippen LogP contribution in [0.15, 0.2) is 0 Å². The Balaban J connectivity index is 5.27.